The smallest absolute Gasteiger partial charge is 0.339 e. The molecule has 9 heteroatoms. The Balaban J connectivity index is 1.38. The Bertz CT molecular complexity index is 1400. The third-order valence-electron chi connectivity index (χ3n) is 6.57. The highest BCUT2D eigenvalue weighted by Gasteiger charge is 2.25. The Labute approximate surface area is 215 Å². The van der Waals surface area contributed by atoms with Crippen LogP contribution in [0.1, 0.15) is 41.0 Å². The lowest BCUT2D eigenvalue weighted by atomic mass is 10.1. The number of nitrogens with zero attached hydrogens (tertiary/aromatic N) is 6. The van der Waals surface area contributed by atoms with E-state index in [-0.39, 0.29) is 11.9 Å². The van der Waals surface area contributed by atoms with Gasteiger partial charge in [0.25, 0.3) is 5.91 Å². The highest BCUT2D eigenvalue weighted by molar-refractivity contribution is 6.06. The minimum atomic E-state index is -0.376. The van der Waals surface area contributed by atoms with E-state index in [1.165, 1.54) is 0 Å². The molecule has 1 aliphatic rings. The number of esters is 1. The van der Waals surface area contributed by atoms with E-state index in [4.69, 9.17) is 9.72 Å². The van der Waals surface area contributed by atoms with Gasteiger partial charge < -0.3 is 14.5 Å². The van der Waals surface area contributed by atoms with Crippen LogP contribution in [-0.2, 0) is 11.3 Å². The minimum Gasteiger partial charge on any atom is -0.462 e. The molecule has 1 amide bonds. The zero-order valence-electron chi connectivity index (χ0n) is 21.1. The molecule has 190 valence electrons. The zero-order valence-corrected chi connectivity index (χ0v) is 21.1. The number of aromatic nitrogens is 4. The number of fused-ring (bicyclic) bond motifs is 1. The lowest BCUT2D eigenvalue weighted by Gasteiger charge is -2.23. The lowest BCUT2D eigenvalue weighted by molar-refractivity contribution is 0.0525. The summed E-state index contributed by atoms with van der Waals surface area (Å²) in [6.07, 6.45) is 4.10. The van der Waals surface area contributed by atoms with E-state index in [0.717, 1.165) is 41.1 Å². The number of amides is 1. The number of benzene rings is 1. The summed E-state index contributed by atoms with van der Waals surface area (Å²) in [5.74, 6) is 0.385. The maximum atomic E-state index is 13.8. The average molecular weight is 499 g/mol. The van der Waals surface area contributed by atoms with Gasteiger partial charge in [-0.15, -0.1) is 0 Å². The van der Waals surface area contributed by atoms with Gasteiger partial charge in [0, 0.05) is 44.5 Å². The number of hydrogen-bond acceptors (Lipinski definition) is 7. The van der Waals surface area contributed by atoms with Gasteiger partial charge in [-0.1, -0.05) is 30.3 Å². The van der Waals surface area contributed by atoms with E-state index in [1.807, 2.05) is 59.0 Å². The predicted octanol–water partition coefficient (Wildman–Crippen LogP) is 4.04. The van der Waals surface area contributed by atoms with E-state index in [2.05, 4.69) is 15.0 Å². The molecule has 37 heavy (non-hydrogen) atoms. The van der Waals surface area contributed by atoms with Gasteiger partial charge in [-0.05, 0) is 38.5 Å². The molecule has 0 unspecified atom stereocenters. The van der Waals surface area contributed by atoms with E-state index >= 15 is 0 Å². The summed E-state index contributed by atoms with van der Waals surface area (Å²) in [4.78, 5) is 39.2. The van der Waals surface area contributed by atoms with Gasteiger partial charge >= 0.3 is 5.97 Å². The number of anilines is 1. The van der Waals surface area contributed by atoms with Gasteiger partial charge in [-0.25, -0.2) is 19.4 Å². The molecule has 5 rings (SSSR count). The number of pyridine rings is 2. The van der Waals surface area contributed by atoms with Crippen LogP contribution >= 0.6 is 0 Å². The Morgan fingerprint density at radius 2 is 1.81 bits per heavy atom. The van der Waals surface area contributed by atoms with Crippen molar-refractivity contribution in [3.63, 3.8) is 0 Å². The van der Waals surface area contributed by atoms with E-state index in [0.29, 0.717) is 43.9 Å². The van der Waals surface area contributed by atoms with E-state index < -0.39 is 0 Å². The van der Waals surface area contributed by atoms with Crippen molar-refractivity contribution in [2.45, 2.75) is 26.8 Å². The largest absolute Gasteiger partial charge is 0.462 e. The van der Waals surface area contributed by atoms with Gasteiger partial charge in [-0.2, -0.15) is 5.10 Å². The van der Waals surface area contributed by atoms with Crippen molar-refractivity contribution >= 4 is 28.7 Å². The van der Waals surface area contributed by atoms with E-state index in [1.54, 1.807) is 25.4 Å². The molecule has 4 aromatic rings. The molecule has 0 N–H and O–H groups in total. The molecule has 1 saturated heterocycles. The third-order valence-corrected chi connectivity index (χ3v) is 6.57. The van der Waals surface area contributed by atoms with Gasteiger partial charge in [0.2, 0.25) is 0 Å². The summed E-state index contributed by atoms with van der Waals surface area (Å²) in [6.45, 7) is 7.40. The quantitative estimate of drug-likeness (QED) is 0.370. The second kappa shape index (κ2) is 10.8. The monoisotopic (exact) mass is 498 g/mol. The number of aryl methyl sites for hydroxylation is 1. The van der Waals surface area contributed by atoms with Crippen LogP contribution in [0.15, 0.2) is 60.9 Å². The molecule has 3 aromatic heterocycles. The van der Waals surface area contributed by atoms with Gasteiger partial charge in [0.15, 0.2) is 5.65 Å². The number of ether oxygens (including phenoxy) is 1. The van der Waals surface area contributed by atoms with Crippen molar-refractivity contribution in [3.8, 4) is 11.3 Å². The van der Waals surface area contributed by atoms with Crippen LogP contribution < -0.4 is 4.90 Å². The highest BCUT2D eigenvalue weighted by Crippen LogP contribution is 2.26. The SMILES string of the molecule is CCOC(=O)c1ccc(N2CCCN(C(=O)c3cc(-c4ccccc4)nc4c3cnn4CC)CC2)nc1. The molecule has 0 saturated carbocycles. The lowest BCUT2D eigenvalue weighted by Crippen LogP contribution is -2.35. The summed E-state index contributed by atoms with van der Waals surface area (Å²) in [5, 5.41) is 5.24. The first kappa shape index (κ1) is 24.4. The summed E-state index contributed by atoms with van der Waals surface area (Å²) in [5.41, 5.74) is 3.49. The van der Waals surface area contributed by atoms with Gasteiger partial charge in [0.05, 0.1) is 35.0 Å². The topological polar surface area (TPSA) is 93.5 Å². The molecule has 9 nitrogen and oxygen atoms in total. The molecule has 0 spiro atoms. The molecule has 0 bridgehead atoms. The summed E-state index contributed by atoms with van der Waals surface area (Å²) < 4.78 is 6.87. The fourth-order valence-electron chi connectivity index (χ4n) is 4.64. The molecule has 0 atom stereocenters. The summed E-state index contributed by atoms with van der Waals surface area (Å²) >= 11 is 0. The van der Waals surface area contributed by atoms with Crippen LogP contribution in [0.5, 0.6) is 0 Å². The first-order valence-electron chi connectivity index (χ1n) is 12.7. The van der Waals surface area contributed by atoms with Crippen LogP contribution in [0.3, 0.4) is 0 Å². The van der Waals surface area contributed by atoms with Crippen LogP contribution in [0.2, 0.25) is 0 Å². The number of rotatable bonds is 6. The first-order chi connectivity index (χ1) is 18.1. The molecule has 0 aliphatic carbocycles. The Morgan fingerprint density at radius 1 is 0.973 bits per heavy atom. The number of carbonyl (C=O) groups excluding carboxylic acids is 2. The highest BCUT2D eigenvalue weighted by atomic mass is 16.5. The predicted molar refractivity (Wildman–Crippen MR) is 142 cm³/mol. The Morgan fingerprint density at radius 3 is 2.54 bits per heavy atom. The van der Waals surface area contributed by atoms with Crippen molar-refractivity contribution in [2.24, 2.45) is 0 Å². The minimum absolute atomic E-state index is 0.0206. The second-order valence-electron chi connectivity index (χ2n) is 8.88. The van der Waals surface area contributed by atoms with Crippen molar-refractivity contribution in [3.05, 3.63) is 72.1 Å². The molecular formula is C28H30N6O3. The molecule has 4 heterocycles. The van der Waals surface area contributed by atoms with Crippen molar-refractivity contribution in [2.75, 3.05) is 37.7 Å². The maximum Gasteiger partial charge on any atom is 0.339 e. The van der Waals surface area contributed by atoms with Crippen molar-refractivity contribution < 1.29 is 14.3 Å². The van der Waals surface area contributed by atoms with Gasteiger partial charge in [-0.3, -0.25) is 4.79 Å². The van der Waals surface area contributed by atoms with Crippen molar-refractivity contribution in [1.29, 1.82) is 0 Å². The Kier molecular flexibility index (Phi) is 7.11. The van der Waals surface area contributed by atoms with Crippen LogP contribution in [0.4, 0.5) is 5.82 Å². The summed E-state index contributed by atoms with van der Waals surface area (Å²) in [6, 6.07) is 15.4. The van der Waals surface area contributed by atoms with Crippen molar-refractivity contribution in [1.82, 2.24) is 24.6 Å². The average Bonchev–Trinajstić information content (AvgIpc) is 3.20. The van der Waals surface area contributed by atoms with Crippen LogP contribution in [-0.4, -0.2) is 69.3 Å². The Hall–Kier alpha value is -4.27. The normalized spacial score (nSPS) is 14.0. The molecule has 1 aliphatic heterocycles. The molecule has 1 fully saturated rings. The van der Waals surface area contributed by atoms with E-state index in [9.17, 15) is 9.59 Å². The standard InChI is InChI=1S/C28H30N6O3/c1-3-34-26-23(19-30-34)22(17-24(31-26)20-9-6-5-7-10-20)27(35)33-14-8-13-32(15-16-33)25-12-11-21(18-29-25)28(36)37-4-2/h5-7,9-12,17-19H,3-4,8,13-16H2,1-2H3. The molecule has 0 radical (unpaired) electrons. The fraction of sp³-hybridized carbons (Fsp3) is 0.321. The van der Waals surface area contributed by atoms with Crippen LogP contribution in [0, 0.1) is 0 Å². The number of hydrogen-bond donors (Lipinski definition) is 0. The second-order valence-corrected chi connectivity index (χ2v) is 8.88. The van der Waals surface area contributed by atoms with Gasteiger partial charge in [0.1, 0.15) is 5.82 Å². The van der Waals surface area contributed by atoms with Crippen LogP contribution in [0.25, 0.3) is 22.3 Å². The molecule has 1 aromatic carbocycles. The molecular weight excluding hydrogens is 468 g/mol. The third kappa shape index (κ3) is 5.02. The number of carbonyl (C=O) groups is 2. The first-order valence-corrected chi connectivity index (χ1v) is 12.7. The zero-order chi connectivity index (χ0) is 25.8. The maximum absolute atomic E-state index is 13.8. The fourth-order valence-corrected chi connectivity index (χ4v) is 4.64. The summed E-state index contributed by atoms with van der Waals surface area (Å²) in [7, 11) is 0.